The van der Waals surface area contributed by atoms with E-state index in [1.165, 1.54) is 0 Å². The van der Waals surface area contributed by atoms with Crippen molar-refractivity contribution in [2.24, 2.45) is 0 Å². The lowest BCUT2D eigenvalue weighted by Gasteiger charge is -2.06. The van der Waals surface area contributed by atoms with Gasteiger partial charge in [-0.25, -0.2) is 0 Å². The molecule has 0 saturated carbocycles. The number of rotatable bonds is 11. The van der Waals surface area contributed by atoms with E-state index in [-0.39, 0.29) is 0 Å². The van der Waals surface area contributed by atoms with Gasteiger partial charge in [-0.3, -0.25) is 4.68 Å². The summed E-state index contributed by atoms with van der Waals surface area (Å²) in [5.41, 5.74) is 0. The SMILES string of the molecule is CCOCCCCNCCOc1cnn(C(C)C)c1. The van der Waals surface area contributed by atoms with Gasteiger partial charge < -0.3 is 14.8 Å². The van der Waals surface area contributed by atoms with Gasteiger partial charge in [-0.05, 0) is 40.2 Å². The summed E-state index contributed by atoms with van der Waals surface area (Å²) in [6, 6.07) is 0.376. The molecule has 0 amide bonds. The number of ether oxygens (including phenoxy) is 2. The predicted octanol–water partition coefficient (Wildman–Crippen LogP) is 2.25. The molecule has 1 aromatic rings. The number of unbranched alkanes of at least 4 members (excludes halogenated alkanes) is 1. The zero-order valence-electron chi connectivity index (χ0n) is 12.4. The normalized spacial score (nSPS) is 11.2. The second-order valence-corrected chi connectivity index (χ2v) is 4.75. The van der Waals surface area contributed by atoms with Crippen molar-refractivity contribution >= 4 is 0 Å². The summed E-state index contributed by atoms with van der Waals surface area (Å²) in [5.74, 6) is 0.840. The summed E-state index contributed by atoms with van der Waals surface area (Å²) in [4.78, 5) is 0. The third kappa shape index (κ3) is 7.18. The van der Waals surface area contributed by atoms with E-state index in [4.69, 9.17) is 9.47 Å². The standard InChI is InChI=1S/C14H27N3O2/c1-4-18-9-6-5-7-15-8-10-19-14-11-16-17(12-14)13(2)3/h11-13,15H,4-10H2,1-3H3. The first-order valence-electron chi connectivity index (χ1n) is 7.19. The lowest BCUT2D eigenvalue weighted by molar-refractivity contribution is 0.143. The fourth-order valence-corrected chi connectivity index (χ4v) is 1.64. The van der Waals surface area contributed by atoms with Crippen LogP contribution in [-0.4, -0.2) is 42.7 Å². The van der Waals surface area contributed by atoms with Gasteiger partial charge in [-0.2, -0.15) is 5.10 Å². The topological polar surface area (TPSA) is 48.3 Å². The van der Waals surface area contributed by atoms with E-state index in [9.17, 15) is 0 Å². The highest BCUT2D eigenvalue weighted by Gasteiger charge is 2.01. The third-order valence-electron chi connectivity index (χ3n) is 2.75. The van der Waals surface area contributed by atoms with Gasteiger partial charge in [0.15, 0.2) is 5.75 Å². The fourth-order valence-electron chi connectivity index (χ4n) is 1.64. The highest BCUT2D eigenvalue weighted by molar-refractivity contribution is 5.11. The van der Waals surface area contributed by atoms with E-state index in [0.717, 1.165) is 44.9 Å². The summed E-state index contributed by atoms with van der Waals surface area (Å²) in [6.07, 6.45) is 5.96. The molecule has 0 fully saturated rings. The summed E-state index contributed by atoms with van der Waals surface area (Å²) < 4.78 is 12.8. The van der Waals surface area contributed by atoms with Crippen molar-refractivity contribution in [3.63, 3.8) is 0 Å². The fraction of sp³-hybridized carbons (Fsp3) is 0.786. The van der Waals surface area contributed by atoms with Crippen LogP contribution in [0.2, 0.25) is 0 Å². The third-order valence-corrected chi connectivity index (χ3v) is 2.75. The maximum atomic E-state index is 5.61. The lowest BCUT2D eigenvalue weighted by Crippen LogP contribution is -2.22. The van der Waals surface area contributed by atoms with Gasteiger partial charge in [-0.15, -0.1) is 0 Å². The maximum Gasteiger partial charge on any atom is 0.157 e. The molecule has 0 radical (unpaired) electrons. The van der Waals surface area contributed by atoms with E-state index in [1.807, 2.05) is 17.8 Å². The monoisotopic (exact) mass is 269 g/mol. The summed E-state index contributed by atoms with van der Waals surface area (Å²) in [5, 5.41) is 7.58. The molecular formula is C14H27N3O2. The molecule has 1 rings (SSSR count). The molecular weight excluding hydrogens is 242 g/mol. The van der Waals surface area contributed by atoms with E-state index in [0.29, 0.717) is 12.6 Å². The van der Waals surface area contributed by atoms with Crippen LogP contribution in [0.3, 0.4) is 0 Å². The molecule has 0 saturated heterocycles. The maximum absolute atomic E-state index is 5.61. The number of hydrogen-bond acceptors (Lipinski definition) is 4. The molecule has 19 heavy (non-hydrogen) atoms. The zero-order chi connectivity index (χ0) is 13.9. The Kier molecular flexibility index (Phi) is 8.25. The Labute approximate surface area is 116 Å². The highest BCUT2D eigenvalue weighted by atomic mass is 16.5. The van der Waals surface area contributed by atoms with Crippen LogP contribution in [0.25, 0.3) is 0 Å². The van der Waals surface area contributed by atoms with Gasteiger partial charge in [0.25, 0.3) is 0 Å². The van der Waals surface area contributed by atoms with Gasteiger partial charge in [0, 0.05) is 25.8 Å². The Morgan fingerprint density at radius 3 is 2.79 bits per heavy atom. The first-order chi connectivity index (χ1) is 9.24. The minimum absolute atomic E-state index is 0.376. The van der Waals surface area contributed by atoms with Crippen LogP contribution in [0.1, 0.15) is 39.7 Å². The zero-order valence-corrected chi connectivity index (χ0v) is 12.4. The highest BCUT2D eigenvalue weighted by Crippen LogP contribution is 2.11. The Morgan fingerprint density at radius 1 is 1.26 bits per heavy atom. The number of aromatic nitrogens is 2. The Balaban J connectivity index is 1.95. The number of nitrogens with one attached hydrogen (secondary N) is 1. The Morgan fingerprint density at radius 2 is 2.11 bits per heavy atom. The van der Waals surface area contributed by atoms with Crippen molar-refractivity contribution in [2.45, 2.75) is 39.7 Å². The first kappa shape index (κ1) is 16.0. The molecule has 0 aliphatic rings. The second-order valence-electron chi connectivity index (χ2n) is 4.75. The van der Waals surface area contributed by atoms with Crippen molar-refractivity contribution in [1.29, 1.82) is 0 Å². The van der Waals surface area contributed by atoms with E-state index >= 15 is 0 Å². The molecule has 110 valence electrons. The van der Waals surface area contributed by atoms with Crippen molar-refractivity contribution in [1.82, 2.24) is 15.1 Å². The Hall–Kier alpha value is -1.07. The van der Waals surface area contributed by atoms with Crippen LogP contribution in [0.4, 0.5) is 0 Å². The largest absolute Gasteiger partial charge is 0.489 e. The van der Waals surface area contributed by atoms with Crippen molar-refractivity contribution in [3.05, 3.63) is 12.4 Å². The van der Waals surface area contributed by atoms with Crippen LogP contribution >= 0.6 is 0 Å². The van der Waals surface area contributed by atoms with Crippen LogP contribution < -0.4 is 10.1 Å². The van der Waals surface area contributed by atoms with Crippen molar-refractivity contribution < 1.29 is 9.47 Å². The molecule has 0 bridgehead atoms. The first-order valence-corrected chi connectivity index (χ1v) is 7.19. The average molecular weight is 269 g/mol. The van der Waals surface area contributed by atoms with E-state index in [1.54, 1.807) is 6.20 Å². The minimum atomic E-state index is 0.376. The van der Waals surface area contributed by atoms with E-state index < -0.39 is 0 Å². The number of nitrogens with zero attached hydrogens (tertiary/aromatic N) is 2. The van der Waals surface area contributed by atoms with Crippen molar-refractivity contribution in [3.8, 4) is 5.75 Å². The van der Waals surface area contributed by atoms with Crippen molar-refractivity contribution in [2.75, 3.05) is 32.9 Å². The quantitative estimate of drug-likeness (QED) is 0.626. The van der Waals surface area contributed by atoms with Crippen LogP contribution in [0, 0.1) is 0 Å². The minimum Gasteiger partial charge on any atom is -0.489 e. The number of hydrogen-bond donors (Lipinski definition) is 1. The van der Waals surface area contributed by atoms with Gasteiger partial charge >= 0.3 is 0 Å². The van der Waals surface area contributed by atoms with E-state index in [2.05, 4.69) is 24.3 Å². The predicted molar refractivity (Wildman–Crippen MR) is 76.7 cm³/mol. The molecule has 0 atom stereocenters. The summed E-state index contributed by atoms with van der Waals surface area (Å²) in [6.45, 7) is 10.4. The molecule has 0 spiro atoms. The van der Waals surface area contributed by atoms with Gasteiger partial charge in [-0.1, -0.05) is 0 Å². The van der Waals surface area contributed by atoms with Gasteiger partial charge in [0.05, 0.1) is 12.4 Å². The second kappa shape index (κ2) is 9.81. The molecule has 5 heteroatoms. The van der Waals surface area contributed by atoms with Crippen LogP contribution in [0.15, 0.2) is 12.4 Å². The van der Waals surface area contributed by atoms with Gasteiger partial charge in [0.1, 0.15) is 6.61 Å². The summed E-state index contributed by atoms with van der Waals surface area (Å²) in [7, 11) is 0. The lowest BCUT2D eigenvalue weighted by atomic mass is 10.3. The molecule has 1 heterocycles. The van der Waals surface area contributed by atoms with Crippen LogP contribution in [-0.2, 0) is 4.74 Å². The molecule has 0 aliphatic carbocycles. The molecule has 1 N–H and O–H groups in total. The molecule has 0 unspecified atom stereocenters. The molecule has 0 aromatic carbocycles. The average Bonchev–Trinajstić information content (AvgIpc) is 2.86. The smallest absolute Gasteiger partial charge is 0.157 e. The summed E-state index contributed by atoms with van der Waals surface area (Å²) >= 11 is 0. The molecule has 1 aromatic heterocycles. The molecule has 5 nitrogen and oxygen atoms in total. The molecule has 0 aliphatic heterocycles. The van der Waals surface area contributed by atoms with Gasteiger partial charge in [0.2, 0.25) is 0 Å². The Bertz CT molecular complexity index is 326. The van der Waals surface area contributed by atoms with Crippen LogP contribution in [0.5, 0.6) is 5.75 Å².